The molecule has 9 heteroatoms. The molecule has 1 aliphatic heterocycles. The molecule has 1 aromatic carbocycles. The highest BCUT2D eigenvalue weighted by Gasteiger charge is 2.24. The van der Waals surface area contributed by atoms with E-state index in [9.17, 15) is 8.42 Å². The summed E-state index contributed by atoms with van der Waals surface area (Å²) in [6.07, 6.45) is 0. The zero-order chi connectivity index (χ0) is 15.2. The lowest BCUT2D eigenvalue weighted by molar-refractivity contribution is 0.174. The normalized spacial score (nSPS) is 13.4. The Balaban J connectivity index is 2.01. The first-order chi connectivity index (χ1) is 9.88. The van der Waals surface area contributed by atoms with Crippen molar-refractivity contribution in [2.75, 3.05) is 17.2 Å². The molecule has 21 heavy (non-hydrogen) atoms. The van der Waals surface area contributed by atoms with Gasteiger partial charge in [0.2, 0.25) is 6.79 Å². The molecule has 8 nitrogen and oxygen atoms in total. The maximum Gasteiger partial charge on any atom is 0.265 e. The minimum absolute atomic E-state index is 0.0882. The second-order valence-corrected chi connectivity index (χ2v) is 6.28. The third kappa shape index (κ3) is 2.25. The number of H-pyrrole nitrogens is 1. The monoisotopic (exact) mass is 310 g/mol. The standard InChI is InChI=1S/C12H14N4O4S/c1-6-12(7(2)15-14-6)21(17,18)16-9-4-11-10(3-8(9)13)19-5-20-11/h3-4,16H,5,13H2,1-2H3,(H,14,15). The van der Waals surface area contributed by atoms with Crippen LogP contribution >= 0.6 is 0 Å². The van der Waals surface area contributed by atoms with E-state index in [0.717, 1.165) is 0 Å². The van der Waals surface area contributed by atoms with Gasteiger partial charge in [0, 0.05) is 12.1 Å². The van der Waals surface area contributed by atoms with Gasteiger partial charge in [-0.25, -0.2) is 8.42 Å². The fraction of sp³-hybridized carbons (Fsp3) is 0.250. The zero-order valence-electron chi connectivity index (χ0n) is 11.4. The highest BCUT2D eigenvalue weighted by molar-refractivity contribution is 7.92. The number of nitrogens with two attached hydrogens (primary N) is 1. The number of hydrogen-bond acceptors (Lipinski definition) is 6. The van der Waals surface area contributed by atoms with E-state index in [1.54, 1.807) is 13.8 Å². The van der Waals surface area contributed by atoms with Gasteiger partial charge in [-0.2, -0.15) is 5.10 Å². The fourth-order valence-electron chi connectivity index (χ4n) is 2.18. The lowest BCUT2D eigenvalue weighted by Crippen LogP contribution is -2.15. The van der Waals surface area contributed by atoms with Crippen molar-refractivity contribution >= 4 is 21.4 Å². The summed E-state index contributed by atoms with van der Waals surface area (Å²) in [7, 11) is -3.79. The van der Waals surface area contributed by atoms with Crippen LogP contribution in [-0.4, -0.2) is 25.4 Å². The molecule has 4 N–H and O–H groups in total. The van der Waals surface area contributed by atoms with Gasteiger partial charge in [-0.3, -0.25) is 9.82 Å². The number of hydrogen-bond donors (Lipinski definition) is 3. The number of nitrogens with zero attached hydrogens (tertiary/aromatic N) is 1. The smallest absolute Gasteiger partial charge is 0.265 e. The number of aryl methyl sites for hydroxylation is 2. The predicted molar refractivity (Wildman–Crippen MR) is 75.8 cm³/mol. The van der Waals surface area contributed by atoms with E-state index in [1.807, 2.05) is 0 Å². The molecule has 1 aliphatic rings. The Morgan fingerprint density at radius 2 is 1.95 bits per heavy atom. The van der Waals surface area contributed by atoms with Gasteiger partial charge in [-0.1, -0.05) is 0 Å². The summed E-state index contributed by atoms with van der Waals surface area (Å²) in [6, 6.07) is 3.02. The number of nitrogens with one attached hydrogen (secondary N) is 2. The maximum atomic E-state index is 12.5. The zero-order valence-corrected chi connectivity index (χ0v) is 12.2. The third-order valence-electron chi connectivity index (χ3n) is 3.12. The first-order valence-corrected chi connectivity index (χ1v) is 7.60. The SMILES string of the molecule is Cc1n[nH]c(C)c1S(=O)(=O)Nc1cc2c(cc1N)OCO2. The molecule has 0 aliphatic carbocycles. The Morgan fingerprint density at radius 3 is 2.57 bits per heavy atom. The molecule has 0 bridgehead atoms. The molecule has 0 radical (unpaired) electrons. The van der Waals surface area contributed by atoms with Crippen molar-refractivity contribution in [2.45, 2.75) is 18.7 Å². The van der Waals surface area contributed by atoms with Gasteiger partial charge in [0.1, 0.15) is 4.90 Å². The number of aromatic amines is 1. The predicted octanol–water partition coefficient (Wildman–Crippen LogP) is 1.14. The van der Waals surface area contributed by atoms with Crippen molar-refractivity contribution in [1.29, 1.82) is 0 Å². The Labute approximate surface area is 121 Å². The largest absolute Gasteiger partial charge is 0.454 e. The number of fused-ring (bicyclic) bond motifs is 1. The lowest BCUT2D eigenvalue weighted by Gasteiger charge is -2.11. The highest BCUT2D eigenvalue weighted by Crippen LogP contribution is 2.39. The second-order valence-electron chi connectivity index (χ2n) is 4.66. The van der Waals surface area contributed by atoms with Gasteiger partial charge in [0.05, 0.1) is 22.8 Å². The Kier molecular flexibility index (Phi) is 2.94. The molecule has 112 valence electrons. The molecule has 2 aromatic rings. The van der Waals surface area contributed by atoms with Crippen LogP contribution in [0.25, 0.3) is 0 Å². The number of aromatic nitrogens is 2. The average Bonchev–Trinajstić information content (AvgIpc) is 2.96. The van der Waals surface area contributed by atoms with Crippen LogP contribution in [0.4, 0.5) is 11.4 Å². The molecule has 0 amide bonds. The summed E-state index contributed by atoms with van der Waals surface area (Å²) in [5.74, 6) is 0.939. The topological polar surface area (TPSA) is 119 Å². The molecule has 3 rings (SSSR count). The van der Waals surface area contributed by atoms with Crippen LogP contribution in [0.15, 0.2) is 17.0 Å². The van der Waals surface area contributed by atoms with Crippen molar-refractivity contribution in [1.82, 2.24) is 10.2 Å². The van der Waals surface area contributed by atoms with Gasteiger partial charge in [0.15, 0.2) is 11.5 Å². The van der Waals surface area contributed by atoms with Crippen LogP contribution in [0, 0.1) is 13.8 Å². The van der Waals surface area contributed by atoms with Crippen LogP contribution in [0.5, 0.6) is 11.5 Å². The second kappa shape index (κ2) is 4.55. The summed E-state index contributed by atoms with van der Waals surface area (Å²) >= 11 is 0. The highest BCUT2D eigenvalue weighted by atomic mass is 32.2. The molecule has 0 saturated heterocycles. The van der Waals surface area contributed by atoms with Gasteiger partial charge in [-0.05, 0) is 13.8 Å². The van der Waals surface area contributed by atoms with Crippen LogP contribution < -0.4 is 19.9 Å². The molecule has 0 atom stereocenters. The Bertz CT molecular complexity index is 793. The number of benzene rings is 1. The number of nitrogen functional groups attached to an aromatic ring is 1. The lowest BCUT2D eigenvalue weighted by atomic mass is 10.2. The number of rotatable bonds is 3. The average molecular weight is 310 g/mol. The van der Waals surface area contributed by atoms with Crippen LogP contribution in [0.2, 0.25) is 0 Å². The maximum absolute atomic E-state index is 12.5. The summed E-state index contributed by atoms with van der Waals surface area (Å²) in [5.41, 5.74) is 7.18. The first kappa shape index (κ1) is 13.6. The molecule has 0 unspecified atom stereocenters. The van der Waals surface area contributed by atoms with E-state index in [-0.39, 0.29) is 23.1 Å². The third-order valence-corrected chi connectivity index (χ3v) is 4.75. The molecule has 0 fully saturated rings. The van der Waals surface area contributed by atoms with Crippen molar-refractivity contribution in [3.63, 3.8) is 0 Å². The summed E-state index contributed by atoms with van der Waals surface area (Å²) in [6.45, 7) is 3.34. The number of sulfonamides is 1. The van der Waals surface area contributed by atoms with Crippen molar-refractivity contribution in [2.24, 2.45) is 0 Å². The van der Waals surface area contributed by atoms with E-state index in [2.05, 4.69) is 14.9 Å². The van der Waals surface area contributed by atoms with E-state index in [0.29, 0.717) is 22.9 Å². The van der Waals surface area contributed by atoms with Crippen LogP contribution in [0.1, 0.15) is 11.4 Å². The summed E-state index contributed by atoms with van der Waals surface area (Å²) < 4.78 is 37.8. The quantitative estimate of drug-likeness (QED) is 0.731. The molecule has 2 heterocycles. The molecule has 0 spiro atoms. The number of anilines is 2. The van der Waals surface area contributed by atoms with Crippen molar-refractivity contribution in [3.05, 3.63) is 23.5 Å². The van der Waals surface area contributed by atoms with Crippen LogP contribution in [-0.2, 0) is 10.0 Å². The van der Waals surface area contributed by atoms with Gasteiger partial charge in [0.25, 0.3) is 10.0 Å². The molecular formula is C12H14N4O4S. The molecule has 1 aromatic heterocycles. The minimum Gasteiger partial charge on any atom is -0.454 e. The molecule has 0 saturated carbocycles. The van der Waals surface area contributed by atoms with E-state index >= 15 is 0 Å². The minimum atomic E-state index is -3.79. The fourth-order valence-corrected chi connectivity index (χ4v) is 3.63. The molecular weight excluding hydrogens is 296 g/mol. The van der Waals surface area contributed by atoms with E-state index in [1.165, 1.54) is 12.1 Å². The van der Waals surface area contributed by atoms with Gasteiger partial charge in [-0.15, -0.1) is 0 Å². The van der Waals surface area contributed by atoms with Gasteiger partial charge >= 0.3 is 0 Å². The van der Waals surface area contributed by atoms with Gasteiger partial charge < -0.3 is 15.2 Å². The van der Waals surface area contributed by atoms with Crippen LogP contribution in [0.3, 0.4) is 0 Å². The van der Waals surface area contributed by atoms with Crippen molar-refractivity contribution < 1.29 is 17.9 Å². The van der Waals surface area contributed by atoms with E-state index in [4.69, 9.17) is 15.2 Å². The Morgan fingerprint density at radius 1 is 1.29 bits per heavy atom. The summed E-state index contributed by atoms with van der Waals surface area (Å²) in [5, 5.41) is 6.52. The Hall–Kier alpha value is -2.42. The summed E-state index contributed by atoms with van der Waals surface area (Å²) in [4.78, 5) is 0.111. The number of ether oxygens (including phenoxy) is 2. The first-order valence-electron chi connectivity index (χ1n) is 6.12. The van der Waals surface area contributed by atoms with Crippen molar-refractivity contribution in [3.8, 4) is 11.5 Å². The van der Waals surface area contributed by atoms with E-state index < -0.39 is 10.0 Å².